The van der Waals surface area contributed by atoms with E-state index in [9.17, 15) is 9.59 Å². The fraction of sp³-hybridized carbons (Fsp3) is 0.400. The van der Waals surface area contributed by atoms with Crippen LogP contribution in [0.15, 0.2) is 48.8 Å². The van der Waals surface area contributed by atoms with Gasteiger partial charge in [0.15, 0.2) is 0 Å². The van der Waals surface area contributed by atoms with Gasteiger partial charge in [-0.15, -0.1) is 0 Å². The van der Waals surface area contributed by atoms with E-state index >= 15 is 0 Å². The number of carbonyl (C=O) groups is 2. The number of ether oxygens (including phenoxy) is 1. The Labute approximate surface area is 211 Å². The van der Waals surface area contributed by atoms with Crippen molar-refractivity contribution in [3.05, 3.63) is 59.9 Å². The number of thioether (sulfide) groups is 1. The minimum absolute atomic E-state index is 0.171. The molecule has 4 rings (SSSR count). The van der Waals surface area contributed by atoms with Crippen LogP contribution in [-0.2, 0) is 11.3 Å². The second-order valence-electron chi connectivity index (χ2n) is 7.40. The zero-order chi connectivity index (χ0) is 25.1. The first kappa shape index (κ1) is 27.6. The Kier molecular flexibility index (Phi) is 11.3. The number of rotatable bonds is 4. The highest BCUT2D eigenvalue weighted by Crippen LogP contribution is 2.23. The molecule has 1 saturated heterocycles. The largest absolute Gasteiger partial charge is 0.465 e. The van der Waals surface area contributed by atoms with Gasteiger partial charge in [0, 0.05) is 44.3 Å². The Hall–Kier alpha value is -2.65. The molecule has 9 heteroatoms. The normalized spacial score (nSPS) is 12.9. The van der Waals surface area contributed by atoms with Gasteiger partial charge < -0.3 is 19.1 Å². The van der Waals surface area contributed by atoms with E-state index in [1.165, 1.54) is 7.11 Å². The number of piperazine rings is 1. The minimum atomic E-state index is -0.336. The van der Waals surface area contributed by atoms with Crippen LogP contribution in [0.1, 0.15) is 29.8 Å². The van der Waals surface area contributed by atoms with Crippen LogP contribution in [-0.4, -0.2) is 71.5 Å². The van der Waals surface area contributed by atoms with Crippen LogP contribution in [0.3, 0.4) is 0 Å². The lowest BCUT2D eigenvalue weighted by molar-refractivity contribution is 0.0600. The maximum absolute atomic E-state index is 11.6. The van der Waals surface area contributed by atoms with E-state index in [1.807, 2.05) is 50.9 Å². The standard InChI is InChI=1S/C21H22N4O3S.C2H6S.C2H6/c1-28-20(26)16-4-2-15(3-5-16)14-25-7-6-17-12-18(13-22-19(17)25)23-8-10-24(11-9-23)21(27)29;1-3-2;1-2/h2-7,12-13H,8-11,14H2,1H3,(H,27,29);1-2H3;1-2H3. The van der Waals surface area contributed by atoms with Crippen molar-refractivity contribution in [2.75, 3.05) is 50.7 Å². The number of benzene rings is 1. The first-order valence-electron chi connectivity index (χ1n) is 11.2. The summed E-state index contributed by atoms with van der Waals surface area (Å²) in [4.78, 5) is 31.6. The van der Waals surface area contributed by atoms with E-state index in [-0.39, 0.29) is 11.2 Å². The number of carbonyl (C=O) groups excluding carboxylic acids is 2. The Bertz CT molecular complexity index is 1060. The minimum Gasteiger partial charge on any atom is -0.465 e. The van der Waals surface area contributed by atoms with Crippen LogP contribution in [0.4, 0.5) is 10.5 Å². The molecule has 1 fully saturated rings. The second-order valence-corrected chi connectivity index (χ2v) is 8.60. The fourth-order valence-electron chi connectivity index (χ4n) is 3.58. The Morgan fingerprint density at radius 2 is 1.68 bits per heavy atom. The Balaban J connectivity index is 0.000000758. The molecule has 0 aliphatic carbocycles. The number of hydrogen-bond acceptors (Lipinski definition) is 6. The summed E-state index contributed by atoms with van der Waals surface area (Å²) in [6, 6.07) is 11.6. The van der Waals surface area contributed by atoms with Gasteiger partial charge in [-0.2, -0.15) is 11.8 Å². The van der Waals surface area contributed by atoms with Crippen molar-refractivity contribution in [1.29, 1.82) is 0 Å². The highest BCUT2D eigenvalue weighted by molar-refractivity contribution is 7.97. The molecule has 2 aromatic heterocycles. The number of aromatic nitrogens is 2. The molecular formula is C25H34N4O3S2. The molecule has 1 amide bonds. The maximum atomic E-state index is 11.6. The summed E-state index contributed by atoms with van der Waals surface area (Å²) in [5, 5.41) is 0.899. The molecule has 0 atom stereocenters. The molecule has 0 radical (unpaired) electrons. The zero-order valence-electron chi connectivity index (χ0n) is 20.5. The van der Waals surface area contributed by atoms with Crippen molar-refractivity contribution in [2.45, 2.75) is 20.4 Å². The number of pyridine rings is 1. The van der Waals surface area contributed by atoms with E-state index in [0.717, 1.165) is 35.4 Å². The molecule has 1 aliphatic rings. The molecule has 3 heterocycles. The summed E-state index contributed by atoms with van der Waals surface area (Å²) < 4.78 is 6.82. The molecule has 0 unspecified atom stereocenters. The van der Waals surface area contributed by atoms with E-state index in [1.54, 1.807) is 28.8 Å². The summed E-state index contributed by atoms with van der Waals surface area (Å²) in [5.41, 5.74) is 3.59. The molecule has 0 N–H and O–H groups in total. The number of nitrogens with zero attached hydrogens (tertiary/aromatic N) is 4. The van der Waals surface area contributed by atoms with Gasteiger partial charge in [-0.1, -0.05) is 38.6 Å². The van der Waals surface area contributed by atoms with Gasteiger partial charge in [0.25, 0.3) is 5.24 Å². The molecular weight excluding hydrogens is 468 g/mol. The lowest BCUT2D eigenvalue weighted by atomic mass is 10.1. The SMILES string of the molecule is CC.COC(=O)c1ccc(Cn2ccc3cc(N4CCN(C(=O)S)CC4)cnc32)cc1.CSC. The summed E-state index contributed by atoms with van der Waals surface area (Å²) in [5.74, 6) is -0.336. The van der Waals surface area contributed by atoms with Crippen molar-refractivity contribution in [3.63, 3.8) is 0 Å². The number of amides is 1. The quantitative estimate of drug-likeness (QED) is 0.398. The number of esters is 1. The van der Waals surface area contributed by atoms with Gasteiger partial charge in [0.1, 0.15) is 5.65 Å². The molecule has 34 heavy (non-hydrogen) atoms. The zero-order valence-corrected chi connectivity index (χ0v) is 22.2. The monoisotopic (exact) mass is 502 g/mol. The molecule has 1 aromatic carbocycles. The van der Waals surface area contributed by atoms with Crippen LogP contribution in [0.2, 0.25) is 0 Å². The third kappa shape index (κ3) is 7.17. The lowest BCUT2D eigenvalue weighted by Crippen LogP contribution is -2.47. The Morgan fingerprint density at radius 1 is 1.06 bits per heavy atom. The predicted molar refractivity (Wildman–Crippen MR) is 146 cm³/mol. The number of anilines is 1. The van der Waals surface area contributed by atoms with Crippen molar-refractivity contribution in [1.82, 2.24) is 14.5 Å². The topological polar surface area (TPSA) is 67.7 Å². The maximum Gasteiger partial charge on any atom is 0.337 e. The molecule has 0 saturated carbocycles. The summed E-state index contributed by atoms with van der Waals surface area (Å²) in [6.07, 6.45) is 7.99. The van der Waals surface area contributed by atoms with Crippen LogP contribution < -0.4 is 4.90 Å². The number of methoxy groups -OCH3 is 1. The molecule has 184 valence electrons. The van der Waals surface area contributed by atoms with Crippen molar-refractivity contribution in [3.8, 4) is 0 Å². The highest BCUT2D eigenvalue weighted by atomic mass is 32.2. The van der Waals surface area contributed by atoms with Crippen LogP contribution in [0.25, 0.3) is 11.0 Å². The van der Waals surface area contributed by atoms with Crippen LogP contribution in [0, 0.1) is 0 Å². The van der Waals surface area contributed by atoms with Crippen molar-refractivity contribution >= 4 is 52.3 Å². The lowest BCUT2D eigenvalue weighted by Gasteiger charge is -2.35. The van der Waals surface area contributed by atoms with Crippen molar-refractivity contribution in [2.24, 2.45) is 0 Å². The van der Waals surface area contributed by atoms with Gasteiger partial charge in [-0.05, 0) is 42.3 Å². The van der Waals surface area contributed by atoms with Crippen LogP contribution in [0.5, 0.6) is 0 Å². The van der Waals surface area contributed by atoms with E-state index in [4.69, 9.17) is 4.74 Å². The van der Waals surface area contributed by atoms with Gasteiger partial charge in [0.05, 0.1) is 24.6 Å². The fourth-order valence-corrected chi connectivity index (χ4v) is 3.78. The second kappa shape index (κ2) is 13.9. The van der Waals surface area contributed by atoms with E-state index in [2.05, 4.69) is 39.2 Å². The van der Waals surface area contributed by atoms with Gasteiger partial charge in [-0.25, -0.2) is 9.78 Å². The molecule has 7 nitrogen and oxygen atoms in total. The molecule has 1 aliphatic heterocycles. The Morgan fingerprint density at radius 3 is 2.24 bits per heavy atom. The number of hydrogen-bond donors (Lipinski definition) is 1. The van der Waals surface area contributed by atoms with E-state index < -0.39 is 0 Å². The number of fused-ring (bicyclic) bond motifs is 1. The smallest absolute Gasteiger partial charge is 0.337 e. The van der Waals surface area contributed by atoms with Gasteiger partial charge in [0.2, 0.25) is 0 Å². The van der Waals surface area contributed by atoms with Gasteiger partial charge >= 0.3 is 5.97 Å². The van der Waals surface area contributed by atoms with E-state index in [0.29, 0.717) is 25.2 Å². The summed E-state index contributed by atoms with van der Waals surface area (Å²) in [7, 11) is 1.38. The predicted octanol–water partition coefficient (Wildman–Crippen LogP) is 5.05. The average molecular weight is 503 g/mol. The third-order valence-electron chi connectivity index (χ3n) is 5.23. The molecule has 0 spiro atoms. The average Bonchev–Trinajstić information content (AvgIpc) is 3.27. The van der Waals surface area contributed by atoms with Crippen LogP contribution >= 0.6 is 24.4 Å². The van der Waals surface area contributed by atoms with Crippen molar-refractivity contribution < 1.29 is 14.3 Å². The van der Waals surface area contributed by atoms with Gasteiger partial charge in [-0.3, -0.25) is 4.79 Å². The molecule has 3 aromatic rings. The highest BCUT2D eigenvalue weighted by Gasteiger charge is 2.20. The summed E-state index contributed by atoms with van der Waals surface area (Å²) in [6.45, 7) is 7.55. The summed E-state index contributed by atoms with van der Waals surface area (Å²) >= 11 is 5.65. The third-order valence-corrected chi connectivity index (χ3v) is 5.51. The first-order chi connectivity index (χ1) is 16.5. The molecule has 0 bridgehead atoms. The number of thiol groups is 1. The first-order valence-corrected chi connectivity index (χ1v) is 13.3.